The summed E-state index contributed by atoms with van der Waals surface area (Å²) in [5, 5.41) is 2.70. The zero-order chi connectivity index (χ0) is 19.0. The normalized spacial score (nSPS) is 15.7. The van der Waals surface area contributed by atoms with Gasteiger partial charge in [0.05, 0.1) is 5.56 Å². The minimum absolute atomic E-state index is 0.0570. The van der Waals surface area contributed by atoms with Crippen LogP contribution in [0.4, 0.5) is 13.2 Å². The molecule has 0 saturated carbocycles. The zero-order valence-electron chi connectivity index (χ0n) is 14.9. The van der Waals surface area contributed by atoms with Crippen LogP contribution >= 0.6 is 0 Å². The van der Waals surface area contributed by atoms with Crippen molar-refractivity contribution in [2.75, 3.05) is 13.6 Å². The molecule has 0 aromatic heterocycles. The number of alkyl halides is 3. The van der Waals surface area contributed by atoms with Crippen LogP contribution in [0.3, 0.4) is 0 Å². The number of amides is 1. The lowest BCUT2D eigenvalue weighted by Gasteiger charge is -2.28. The maximum Gasteiger partial charge on any atom is 0.416 e. The quantitative estimate of drug-likeness (QED) is 0.661. The Kier molecular flexibility index (Phi) is 7.45. The molecule has 0 unspecified atom stereocenters. The first-order valence-electron chi connectivity index (χ1n) is 8.78. The second-order valence-corrected chi connectivity index (χ2v) is 6.62. The predicted octanol–water partition coefficient (Wildman–Crippen LogP) is 4.31. The van der Waals surface area contributed by atoms with Crippen molar-refractivity contribution in [1.82, 2.24) is 10.2 Å². The van der Waals surface area contributed by atoms with E-state index in [1.165, 1.54) is 17.7 Å². The van der Waals surface area contributed by atoms with Crippen LogP contribution in [-0.4, -0.2) is 30.9 Å². The topological polar surface area (TPSA) is 32.3 Å². The molecule has 0 bridgehead atoms. The minimum Gasteiger partial charge on any atom is -0.357 e. The fourth-order valence-electron chi connectivity index (χ4n) is 3.14. The Labute approximate surface area is 152 Å². The number of allylic oxidation sites excluding steroid dienone is 4. The van der Waals surface area contributed by atoms with Gasteiger partial charge in [0.2, 0.25) is 6.41 Å². The van der Waals surface area contributed by atoms with Crippen molar-refractivity contribution < 1.29 is 18.0 Å². The van der Waals surface area contributed by atoms with Crippen molar-refractivity contribution >= 4 is 6.41 Å². The molecule has 0 spiro atoms. The lowest BCUT2D eigenvalue weighted by Crippen LogP contribution is -2.39. The van der Waals surface area contributed by atoms with Gasteiger partial charge in [-0.2, -0.15) is 13.2 Å². The highest BCUT2D eigenvalue weighted by molar-refractivity contribution is 5.45. The number of nitrogens with one attached hydrogen (secondary N) is 1. The molecule has 6 heteroatoms. The highest BCUT2D eigenvalue weighted by Gasteiger charge is 2.30. The van der Waals surface area contributed by atoms with E-state index in [-0.39, 0.29) is 6.04 Å². The van der Waals surface area contributed by atoms with Crippen LogP contribution in [0.2, 0.25) is 0 Å². The lowest BCUT2D eigenvalue weighted by molar-refractivity contribution is -0.137. The van der Waals surface area contributed by atoms with Gasteiger partial charge in [-0.25, -0.2) is 0 Å². The molecule has 1 aromatic carbocycles. The zero-order valence-corrected chi connectivity index (χ0v) is 14.9. The number of hydrogen-bond donors (Lipinski definition) is 1. The molecule has 0 saturated heterocycles. The van der Waals surface area contributed by atoms with E-state index >= 15 is 0 Å². The summed E-state index contributed by atoms with van der Waals surface area (Å²) in [5.41, 5.74) is 1.35. The Morgan fingerprint density at radius 1 is 1.35 bits per heavy atom. The van der Waals surface area contributed by atoms with Crippen molar-refractivity contribution in [2.24, 2.45) is 0 Å². The summed E-state index contributed by atoms with van der Waals surface area (Å²) in [7, 11) is 1.88. The minimum atomic E-state index is -4.34. The number of carbonyl (C=O) groups is 1. The third-order valence-corrected chi connectivity index (χ3v) is 4.65. The highest BCUT2D eigenvalue weighted by Crippen LogP contribution is 2.30. The largest absolute Gasteiger partial charge is 0.416 e. The molecule has 0 aliphatic heterocycles. The number of benzene rings is 1. The SMILES string of the molecule is CN(Cc1cccc(C(F)(F)F)c1)[C@@H](CCC1=CC=CCC1)CNC=O. The fraction of sp³-hybridized carbons (Fsp3) is 0.450. The second-order valence-electron chi connectivity index (χ2n) is 6.62. The molecule has 1 N–H and O–H groups in total. The Balaban J connectivity index is 2.01. The Hall–Kier alpha value is -2.08. The van der Waals surface area contributed by atoms with E-state index < -0.39 is 11.7 Å². The standard InChI is InChI=1S/C20H25F3N2O/c1-25(14-17-8-5-9-18(12-17)20(21,22)23)19(13-24-15-26)11-10-16-6-3-2-4-7-16/h2-3,5-6,8-9,12,15,19H,4,7,10-11,13-14H2,1H3,(H,24,26)/t19-/m0/s1. The van der Waals surface area contributed by atoms with Gasteiger partial charge in [0.1, 0.15) is 0 Å². The number of likely N-dealkylation sites (N-methyl/N-ethyl adjacent to an activating group) is 1. The van der Waals surface area contributed by atoms with Crippen LogP contribution in [0.25, 0.3) is 0 Å². The second kappa shape index (κ2) is 9.57. The first-order valence-corrected chi connectivity index (χ1v) is 8.78. The van der Waals surface area contributed by atoms with Crippen molar-refractivity contribution in [2.45, 2.75) is 44.4 Å². The van der Waals surface area contributed by atoms with Crippen LogP contribution in [0, 0.1) is 0 Å². The van der Waals surface area contributed by atoms with Gasteiger partial charge < -0.3 is 5.32 Å². The van der Waals surface area contributed by atoms with Gasteiger partial charge in [-0.15, -0.1) is 0 Å². The van der Waals surface area contributed by atoms with Crippen molar-refractivity contribution in [3.63, 3.8) is 0 Å². The van der Waals surface area contributed by atoms with E-state index in [0.29, 0.717) is 25.1 Å². The molecule has 1 amide bonds. The molecule has 3 nitrogen and oxygen atoms in total. The summed E-state index contributed by atoms with van der Waals surface area (Å²) in [6, 6.07) is 5.46. The van der Waals surface area contributed by atoms with Crippen LogP contribution in [0.5, 0.6) is 0 Å². The Morgan fingerprint density at radius 3 is 2.81 bits per heavy atom. The first kappa shape index (κ1) is 20.2. The molecule has 1 aliphatic rings. The molecule has 1 atom stereocenters. The summed E-state index contributed by atoms with van der Waals surface area (Å²) in [6.45, 7) is 0.871. The van der Waals surface area contributed by atoms with Gasteiger partial charge >= 0.3 is 6.18 Å². The molecule has 0 radical (unpaired) electrons. The third-order valence-electron chi connectivity index (χ3n) is 4.65. The number of hydrogen-bond acceptors (Lipinski definition) is 2. The van der Waals surface area contributed by atoms with Gasteiger partial charge in [-0.1, -0.05) is 42.0 Å². The van der Waals surface area contributed by atoms with Gasteiger partial charge in [0.15, 0.2) is 0 Å². The van der Waals surface area contributed by atoms with Gasteiger partial charge in [0.25, 0.3) is 0 Å². The molecule has 1 aromatic rings. The molecule has 1 aliphatic carbocycles. The third kappa shape index (κ3) is 6.33. The van der Waals surface area contributed by atoms with Crippen molar-refractivity contribution in [3.05, 3.63) is 59.2 Å². The van der Waals surface area contributed by atoms with E-state index in [9.17, 15) is 18.0 Å². The molecular weight excluding hydrogens is 341 g/mol. The number of halogens is 3. The van der Waals surface area contributed by atoms with Crippen LogP contribution < -0.4 is 5.32 Å². The summed E-state index contributed by atoms with van der Waals surface area (Å²) in [5.74, 6) is 0. The van der Waals surface area contributed by atoms with Crippen molar-refractivity contribution in [3.8, 4) is 0 Å². The summed E-state index contributed by atoms with van der Waals surface area (Å²) < 4.78 is 38.6. The van der Waals surface area contributed by atoms with Gasteiger partial charge in [0, 0.05) is 19.1 Å². The van der Waals surface area contributed by atoms with Crippen molar-refractivity contribution in [1.29, 1.82) is 0 Å². The summed E-state index contributed by atoms with van der Waals surface area (Å²) >= 11 is 0. The molecule has 142 valence electrons. The molecule has 0 heterocycles. The molecular formula is C20H25F3N2O. The van der Waals surface area contributed by atoms with E-state index in [4.69, 9.17) is 0 Å². The predicted molar refractivity (Wildman–Crippen MR) is 96.5 cm³/mol. The smallest absolute Gasteiger partial charge is 0.357 e. The Morgan fingerprint density at radius 2 is 2.15 bits per heavy atom. The van der Waals surface area contributed by atoms with E-state index in [0.717, 1.165) is 31.7 Å². The van der Waals surface area contributed by atoms with E-state index in [1.807, 2.05) is 11.9 Å². The van der Waals surface area contributed by atoms with E-state index in [2.05, 4.69) is 23.5 Å². The van der Waals surface area contributed by atoms with E-state index in [1.54, 1.807) is 6.07 Å². The molecule has 26 heavy (non-hydrogen) atoms. The average Bonchev–Trinajstić information content (AvgIpc) is 2.62. The number of nitrogens with zero attached hydrogens (tertiary/aromatic N) is 1. The summed E-state index contributed by atoms with van der Waals surface area (Å²) in [6.07, 6.45) is 6.49. The highest BCUT2D eigenvalue weighted by atomic mass is 19.4. The first-order chi connectivity index (χ1) is 12.4. The van der Waals surface area contributed by atoms with Gasteiger partial charge in [-0.05, 0) is 44.4 Å². The van der Waals surface area contributed by atoms with Crippen LogP contribution in [-0.2, 0) is 17.5 Å². The Bertz CT molecular complexity index is 653. The average molecular weight is 366 g/mol. The fourth-order valence-corrected chi connectivity index (χ4v) is 3.14. The van der Waals surface area contributed by atoms with Crippen LogP contribution in [0.1, 0.15) is 36.8 Å². The van der Waals surface area contributed by atoms with Gasteiger partial charge in [-0.3, -0.25) is 9.69 Å². The number of rotatable bonds is 9. The lowest BCUT2D eigenvalue weighted by atomic mass is 9.97. The molecule has 2 rings (SSSR count). The summed E-state index contributed by atoms with van der Waals surface area (Å²) in [4.78, 5) is 12.7. The van der Waals surface area contributed by atoms with Crippen LogP contribution in [0.15, 0.2) is 48.1 Å². The number of carbonyl (C=O) groups excluding carboxylic acids is 1. The maximum atomic E-state index is 12.9. The monoisotopic (exact) mass is 366 g/mol. The molecule has 0 fully saturated rings. The maximum absolute atomic E-state index is 12.9.